The Morgan fingerprint density at radius 1 is 1.00 bits per heavy atom. The molecule has 2 aromatic carbocycles. The highest BCUT2D eigenvalue weighted by Gasteiger charge is 2.26. The number of likely N-dealkylation sites (N-methyl/N-ethyl adjacent to an activating group) is 1. The average Bonchev–Trinajstić information content (AvgIpc) is 2.95. The number of piperazine rings is 1. The van der Waals surface area contributed by atoms with Crippen LogP contribution in [0.25, 0.3) is 10.9 Å². The first-order valence-corrected chi connectivity index (χ1v) is 13.3. The maximum Gasteiger partial charge on any atom is 0.263 e. The third-order valence-corrected chi connectivity index (χ3v) is 6.96. The summed E-state index contributed by atoms with van der Waals surface area (Å²) in [5.74, 6) is 2.58. The SMILES string of the molecule is CCN1CCN(C(=O)[C@@H](C)Oc2cccc3ncnc(Nc4ccc(Oc5ccc(C)nc5)c(C)c4)c23)CC1. The molecule has 1 N–H and O–H groups in total. The highest BCUT2D eigenvalue weighted by molar-refractivity contribution is 5.96. The molecule has 1 fully saturated rings. The van der Waals surface area contributed by atoms with Crippen molar-refractivity contribution in [3.63, 3.8) is 0 Å². The number of fused-ring (bicyclic) bond motifs is 1. The van der Waals surface area contributed by atoms with Crippen molar-refractivity contribution in [2.75, 3.05) is 38.0 Å². The first kappa shape index (κ1) is 26.4. The molecule has 1 aliphatic rings. The lowest BCUT2D eigenvalue weighted by Crippen LogP contribution is -2.51. The van der Waals surface area contributed by atoms with Gasteiger partial charge in [-0.25, -0.2) is 9.97 Å². The second-order valence-corrected chi connectivity index (χ2v) is 9.73. The molecule has 0 bridgehead atoms. The lowest BCUT2D eigenvalue weighted by atomic mass is 10.1. The second kappa shape index (κ2) is 11.7. The molecule has 5 rings (SSSR count). The quantitative estimate of drug-likeness (QED) is 0.339. The molecule has 3 heterocycles. The van der Waals surface area contributed by atoms with Gasteiger partial charge in [0.15, 0.2) is 6.10 Å². The van der Waals surface area contributed by atoms with E-state index in [2.05, 4.69) is 32.1 Å². The Morgan fingerprint density at radius 2 is 1.82 bits per heavy atom. The Kier molecular flexibility index (Phi) is 7.88. The van der Waals surface area contributed by atoms with Crippen molar-refractivity contribution in [2.24, 2.45) is 0 Å². The minimum atomic E-state index is -0.633. The molecule has 0 saturated carbocycles. The van der Waals surface area contributed by atoms with Gasteiger partial charge in [0.2, 0.25) is 0 Å². The minimum Gasteiger partial charge on any atom is -0.480 e. The number of nitrogens with zero attached hydrogens (tertiary/aromatic N) is 5. The van der Waals surface area contributed by atoms with Crippen molar-refractivity contribution in [3.05, 3.63) is 72.3 Å². The molecule has 202 valence electrons. The van der Waals surface area contributed by atoms with Crippen LogP contribution in [0.4, 0.5) is 11.5 Å². The lowest BCUT2D eigenvalue weighted by molar-refractivity contribution is -0.139. The summed E-state index contributed by atoms with van der Waals surface area (Å²) in [6, 6.07) is 15.3. The van der Waals surface area contributed by atoms with E-state index in [0.29, 0.717) is 30.4 Å². The fourth-order valence-electron chi connectivity index (χ4n) is 4.67. The number of carbonyl (C=O) groups is 1. The number of ether oxygens (including phenoxy) is 2. The lowest BCUT2D eigenvalue weighted by Gasteiger charge is -2.35. The summed E-state index contributed by atoms with van der Waals surface area (Å²) < 4.78 is 12.3. The average molecular weight is 527 g/mol. The summed E-state index contributed by atoms with van der Waals surface area (Å²) in [6.45, 7) is 12.1. The number of aromatic nitrogens is 3. The number of rotatable bonds is 8. The standard InChI is InChI=1S/C30H34N6O3/c1-5-35-13-15-36(16-14-35)30(37)22(4)38-27-8-6-7-25-28(27)29(33-19-32-25)34-23-10-12-26(20(2)17-23)39-24-11-9-21(3)31-18-24/h6-12,17-19,22H,5,13-16H2,1-4H3,(H,32,33,34)/t22-/m1/s1. The van der Waals surface area contributed by atoms with Crippen molar-refractivity contribution in [1.82, 2.24) is 24.8 Å². The second-order valence-electron chi connectivity index (χ2n) is 9.73. The van der Waals surface area contributed by atoms with Crippen molar-refractivity contribution in [3.8, 4) is 17.2 Å². The number of amides is 1. The van der Waals surface area contributed by atoms with E-state index in [-0.39, 0.29) is 5.91 Å². The summed E-state index contributed by atoms with van der Waals surface area (Å²) in [5.41, 5.74) is 3.46. The zero-order valence-corrected chi connectivity index (χ0v) is 22.8. The largest absolute Gasteiger partial charge is 0.480 e. The van der Waals surface area contributed by atoms with Crippen LogP contribution in [0.1, 0.15) is 25.1 Å². The predicted molar refractivity (Wildman–Crippen MR) is 152 cm³/mol. The number of benzene rings is 2. The number of hydrogen-bond acceptors (Lipinski definition) is 8. The highest BCUT2D eigenvalue weighted by Crippen LogP contribution is 2.34. The highest BCUT2D eigenvalue weighted by atomic mass is 16.5. The van der Waals surface area contributed by atoms with E-state index in [0.717, 1.165) is 53.2 Å². The molecule has 0 radical (unpaired) electrons. The van der Waals surface area contributed by atoms with Crippen molar-refractivity contribution in [2.45, 2.75) is 33.8 Å². The van der Waals surface area contributed by atoms with Crippen LogP contribution in [0, 0.1) is 13.8 Å². The monoisotopic (exact) mass is 526 g/mol. The molecule has 1 aliphatic heterocycles. The van der Waals surface area contributed by atoms with Crippen LogP contribution >= 0.6 is 0 Å². The Morgan fingerprint density at radius 3 is 2.54 bits per heavy atom. The molecule has 1 atom stereocenters. The van der Waals surface area contributed by atoms with Gasteiger partial charge in [0, 0.05) is 37.6 Å². The van der Waals surface area contributed by atoms with Gasteiger partial charge >= 0.3 is 0 Å². The maximum absolute atomic E-state index is 13.1. The third kappa shape index (κ3) is 6.09. The molecule has 9 nitrogen and oxygen atoms in total. The van der Waals surface area contributed by atoms with Crippen LogP contribution in [-0.2, 0) is 4.79 Å². The van der Waals surface area contributed by atoms with E-state index in [4.69, 9.17) is 9.47 Å². The molecule has 1 saturated heterocycles. The van der Waals surface area contributed by atoms with Gasteiger partial charge in [-0.3, -0.25) is 9.78 Å². The van der Waals surface area contributed by atoms with Crippen molar-refractivity contribution < 1.29 is 14.3 Å². The third-order valence-electron chi connectivity index (χ3n) is 6.96. The minimum absolute atomic E-state index is 0.0101. The summed E-state index contributed by atoms with van der Waals surface area (Å²) >= 11 is 0. The molecular weight excluding hydrogens is 492 g/mol. The van der Waals surface area contributed by atoms with Crippen LogP contribution in [-0.4, -0.2) is 69.5 Å². The fourth-order valence-corrected chi connectivity index (χ4v) is 4.67. The molecule has 4 aromatic rings. The van der Waals surface area contributed by atoms with Gasteiger partial charge in [0.05, 0.1) is 17.1 Å². The van der Waals surface area contributed by atoms with E-state index >= 15 is 0 Å². The molecule has 39 heavy (non-hydrogen) atoms. The predicted octanol–water partition coefficient (Wildman–Crippen LogP) is 5.11. The summed E-state index contributed by atoms with van der Waals surface area (Å²) in [6.07, 6.45) is 2.60. The van der Waals surface area contributed by atoms with Gasteiger partial charge in [0.1, 0.15) is 29.4 Å². The van der Waals surface area contributed by atoms with E-state index in [9.17, 15) is 4.79 Å². The molecule has 1 amide bonds. The molecule has 0 spiro atoms. The van der Waals surface area contributed by atoms with Gasteiger partial charge < -0.3 is 24.6 Å². The van der Waals surface area contributed by atoms with Gasteiger partial charge in [-0.2, -0.15) is 0 Å². The zero-order valence-electron chi connectivity index (χ0n) is 22.8. The van der Waals surface area contributed by atoms with Gasteiger partial charge in [-0.15, -0.1) is 0 Å². The van der Waals surface area contributed by atoms with Crippen LogP contribution in [0.2, 0.25) is 0 Å². The summed E-state index contributed by atoms with van der Waals surface area (Å²) in [5, 5.41) is 4.13. The molecular formula is C30H34N6O3. The van der Waals surface area contributed by atoms with Gasteiger partial charge in [-0.1, -0.05) is 13.0 Å². The molecule has 2 aromatic heterocycles. The smallest absolute Gasteiger partial charge is 0.263 e. The topological polar surface area (TPSA) is 92.7 Å². The Balaban J connectivity index is 1.34. The number of nitrogens with one attached hydrogen (secondary N) is 1. The van der Waals surface area contributed by atoms with Crippen molar-refractivity contribution in [1.29, 1.82) is 0 Å². The van der Waals surface area contributed by atoms with Crippen LogP contribution in [0.15, 0.2) is 61.1 Å². The molecule has 0 aliphatic carbocycles. The van der Waals surface area contributed by atoms with Gasteiger partial charge in [0.25, 0.3) is 5.91 Å². The first-order valence-electron chi connectivity index (χ1n) is 13.3. The fraction of sp³-hybridized carbons (Fsp3) is 0.333. The summed E-state index contributed by atoms with van der Waals surface area (Å²) in [4.78, 5) is 30.6. The van der Waals surface area contributed by atoms with Crippen LogP contribution in [0.3, 0.4) is 0 Å². The first-order chi connectivity index (χ1) is 18.9. The number of aryl methyl sites for hydroxylation is 2. The number of anilines is 2. The number of carbonyl (C=O) groups excluding carboxylic acids is 1. The Hall–Kier alpha value is -4.24. The van der Waals surface area contributed by atoms with E-state index < -0.39 is 6.10 Å². The van der Waals surface area contributed by atoms with E-state index in [1.807, 2.05) is 67.3 Å². The zero-order chi connectivity index (χ0) is 27.4. The van der Waals surface area contributed by atoms with E-state index in [1.165, 1.54) is 6.33 Å². The maximum atomic E-state index is 13.1. The molecule has 0 unspecified atom stereocenters. The van der Waals surface area contributed by atoms with Crippen LogP contribution in [0.5, 0.6) is 17.2 Å². The van der Waals surface area contributed by atoms with Crippen LogP contribution < -0.4 is 14.8 Å². The van der Waals surface area contributed by atoms with E-state index in [1.54, 1.807) is 13.1 Å². The Bertz CT molecular complexity index is 1450. The number of pyridine rings is 1. The normalized spacial score (nSPS) is 14.7. The van der Waals surface area contributed by atoms with Crippen molar-refractivity contribution >= 4 is 28.3 Å². The summed E-state index contributed by atoms with van der Waals surface area (Å²) in [7, 11) is 0. The van der Waals surface area contributed by atoms with Gasteiger partial charge in [-0.05, 0) is 75.3 Å². The Labute approximate surface area is 228 Å². The molecule has 9 heteroatoms. The number of hydrogen-bond donors (Lipinski definition) is 1.